The first-order chi connectivity index (χ1) is 13.0. The zero-order valence-electron chi connectivity index (χ0n) is 17.0. The van der Waals surface area contributed by atoms with Crippen LogP contribution in [-0.4, -0.2) is 23.6 Å². The molecule has 27 heavy (non-hydrogen) atoms. The molecule has 2 aliphatic carbocycles. The maximum atomic E-state index is 12.8. The van der Waals surface area contributed by atoms with Gasteiger partial charge >= 0.3 is 11.9 Å². The first-order valence-electron chi connectivity index (χ1n) is 10.8. The van der Waals surface area contributed by atoms with Crippen molar-refractivity contribution < 1.29 is 19.1 Å². The number of fused-ring (bicyclic) bond motifs is 1. The van der Waals surface area contributed by atoms with Gasteiger partial charge in [0.25, 0.3) is 0 Å². The van der Waals surface area contributed by atoms with E-state index in [4.69, 9.17) is 9.47 Å². The first kappa shape index (κ1) is 20.2. The fraction of sp³-hybridized carbons (Fsp3) is 0.739. The highest BCUT2D eigenvalue weighted by atomic mass is 16.6. The SMILES string of the molecule is CCC(C)C(=O)OC12CCCC=C1C=CC(C)C2CC[C@@H]1CCCC(=O)O1. The second kappa shape index (κ2) is 8.62. The van der Waals surface area contributed by atoms with Crippen molar-refractivity contribution in [3.63, 3.8) is 0 Å². The van der Waals surface area contributed by atoms with Gasteiger partial charge in [-0.15, -0.1) is 0 Å². The number of esters is 2. The van der Waals surface area contributed by atoms with Crippen LogP contribution in [0.5, 0.6) is 0 Å². The molecular weight excluding hydrogens is 340 g/mol. The third kappa shape index (κ3) is 4.30. The topological polar surface area (TPSA) is 52.6 Å². The Bertz CT molecular complexity index is 620. The quantitative estimate of drug-likeness (QED) is 0.605. The van der Waals surface area contributed by atoms with E-state index in [-0.39, 0.29) is 29.9 Å². The molecule has 4 unspecified atom stereocenters. The Kier molecular flexibility index (Phi) is 6.44. The van der Waals surface area contributed by atoms with Crippen molar-refractivity contribution in [2.45, 2.75) is 90.3 Å². The Morgan fingerprint density at radius 3 is 2.93 bits per heavy atom. The molecule has 1 aliphatic heterocycles. The van der Waals surface area contributed by atoms with E-state index in [1.165, 1.54) is 5.57 Å². The summed E-state index contributed by atoms with van der Waals surface area (Å²) in [5.74, 6) is 0.344. The molecule has 0 spiro atoms. The summed E-state index contributed by atoms with van der Waals surface area (Å²) in [6.45, 7) is 6.20. The van der Waals surface area contributed by atoms with Gasteiger partial charge in [-0.25, -0.2) is 0 Å². The lowest BCUT2D eigenvalue weighted by Gasteiger charge is -2.48. The molecule has 4 heteroatoms. The average Bonchev–Trinajstić information content (AvgIpc) is 2.66. The van der Waals surface area contributed by atoms with E-state index in [2.05, 4.69) is 25.2 Å². The molecule has 1 saturated heterocycles. The second-order valence-corrected chi connectivity index (χ2v) is 8.58. The Hall–Kier alpha value is -1.58. The highest BCUT2D eigenvalue weighted by molar-refractivity contribution is 5.73. The largest absolute Gasteiger partial charge is 0.462 e. The Labute approximate surface area is 163 Å². The summed E-state index contributed by atoms with van der Waals surface area (Å²) in [6, 6.07) is 0. The lowest BCUT2D eigenvalue weighted by Crippen LogP contribution is -2.50. The maximum absolute atomic E-state index is 12.8. The van der Waals surface area contributed by atoms with Crippen LogP contribution in [0.1, 0.15) is 78.6 Å². The van der Waals surface area contributed by atoms with Gasteiger partial charge in [0.05, 0.1) is 5.92 Å². The van der Waals surface area contributed by atoms with E-state index in [9.17, 15) is 9.59 Å². The van der Waals surface area contributed by atoms with Crippen molar-refractivity contribution in [1.29, 1.82) is 0 Å². The average molecular weight is 375 g/mol. The van der Waals surface area contributed by atoms with Gasteiger partial charge < -0.3 is 9.47 Å². The van der Waals surface area contributed by atoms with Crippen molar-refractivity contribution in [2.24, 2.45) is 17.8 Å². The number of hydrogen-bond acceptors (Lipinski definition) is 4. The third-order valence-electron chi connectivity index (χ3n) is 6.72. The van der Waals surface area contributed by atoms with Gasteiger partial charge in [-0.2, -0.15) is 0 Å². The van der Waals surface area contributed by atoms with Crippen LogP contribution >= 0.6 is 0 Å². The molecular formula is C23H34O4. The molecule has 5 atom stereocenters. The molecule has 0 amide bonds. The molecule has 0 N–H and O–H groups in total. The van der Waals surface area contributed by atoms with Crippen molar-refractivity contribution >= 4 is 11.9 Å². The van der Waals surface area contributed by atoms with Gasteiger partial charge in [0, 0.05) is 12.3 Å². The van der Waals surface area contributed by atoms with Crippen LogP contribution in [-0.2, 0) is 19.1 Å². The van der Waals surface area contributed by atoms with Gasteiger partial charge in [0.15, 0.2) is 0 Å². The number of carbonyl (C=O) groups excluding carboxylic acids is 2. The highest BCUT2D eigenvalue weighted by Crippen LogP contribution is 2.49. The normalized spacial score (nSPS) is 34.3. The molecule has 0 radical (unpaired) electrons. The molecule has 0 aromatic carbocycles. The van der Waals surface area contributed by atoms with Crippen LogP contribution in [0.4, 0.5) is 0 Å². The predicted octanol–water partition coefficient (Wildman–Crippen LogP) is 5.12. The fourth-order valence-electron chi connectivity index (χ4n) is 4.84. The number of cyclic esters (lactones) is 1. The minimum absolute atomic E-state index is 0.0164. The van der Waals surface area contributed by atoms with E-state index >= 15 is 0 Å². The van der Waals surface area contributed by atoms with Gasteiger partial charge in [0.2, 0.25) is 0 Å². The maximum Gasteiger partial charge on any atom is 0.309 e. The van der Waals surface area contributed by atoms with Crippen LogP contribution in [0.25, 0.3) is 0 Å². The van der Waals surface area contributed by atoms with Gasteiger partial charge in [0.1, 0.15) is 11.7 Å². The number of rotatable bonds is 6. The van der Waals surface area contributed by atoms with Crippen molar-refractivity contribution in [3.05, 3.63) is 23.8 Å². The standard InChI is InChI=1S/C23H34O4/c1-4-16(2)22(25)27-23-15-6-5-8-18(23)12-11-17(3)20(23)14-13-19-9-7-10-21(24)26-19/h8,11-12,16-17,19-20H,4-7,9-10,13-15H2,1-3H3/t16?,17?,19-,20?,23?/m0/s1. The molecule has 0 bridgehead atoms. The lowest BCUT2D eigenvalue weighted by atomic mass is 9.64. The van der Waals surface area contributed by atoms with Crippen LogP contribution in [0.2, 0.25) is 0 Å². The first-order valence-corrected chi connectivity index (χ1v) is 10.8. The lowest BCUT2D eigenvalue weighted by molar-refractivity contribution is -0.170. The zero-order chi connectivity index (χ0) is 19.4. The highest BCUT2D eigenvalue weighted by Gasteiger charge is 2.49. The van der Waals surface area contributed by atoms with Crippen LogP contribution < -0.4 is 0 Å². The van der Waals surface area contributed by atoms with Crippen molar-refractivity contribution in [1.82, 2.24) is 0 Å². The summed E-state index contributed by atoms with van der Waals surface area (Å²) >= 11 is 0. The molecule has 0 saturated carbocycles. The minimum Gasteiger partial charge on any atom is -0.462 e. The van der Waals surface area contributed by atoms with Gasteiger partial charge in [-0.05, 0) is 62.9 Å². The van der Waals surface area contributed by atoms with Crippen LogP contribution in [0.15, 0.2) is 23.8 Å². The molecule has 150 valence electrons. The summed E-state index contributed by atoms with van der Waals surface area (Å²) < 4.78 is 11.9. The zero-order valence-corrected chi connectivity index (χ0v) is 17.0. The molecule has 1 fully saturated rings. The van der Waals surface area contributed by atoms with E-state index in [0.29, 0.717) is 12.3 Å². The summed E-state index contributed by atoms with van der Waals surface area (Å²) in [4.78, 5) is 24.4. The molecule has 0 aromatic heterocycles. The Morgan fingerprint density at radius 2 is 2.19 bits per heavy atom. The Balaban J connectivity index is 1.80. The number of allylic oxidation sites excluding steroid dienone is 2. The van der Waals surface area contributed by atoms with Crippen molar-refractivity contribution in [2.75, 3.05) is 0 Å². The third-order valence-corrected chi connectivity index (χ3v) is 6.72. The number of hydrogen-bond donors (Lipinski definition) is 0. The van der Waals surface area contributed by atoms with E-state index < -0.39 is 5.60 Å². The molecule has 3 aliphatic rings. The fourth-order valence-corrected chi connectivity index (χ4v) is 4.84. The number of ether oxygens (including phenoxy) is 2. The summed E-state index contributed by atoms with van der Waals surface area (Å²) in [7, 11) is 0. The Morgan fingerprint density at radius 1 is 1.37 bits per heavy atom. The van der Waals surface area contributed by atoms with E-state index in [0.717, 1.165) is 51.4 Å². The summed E-state index contributed by atoms with van der Waals surface area (Å²) in [6.07, 6.45) is 14.7. The van der Waals surface area contributed by atoms with E-state index in [1.54, 1.807) is 0 Å². The molecule has 3 rings (SSSR count). The molecule has 0 aromatic rings. The molecule has 1 heterocycles. The predicted molar refractivity (Wildman–Crippen MR) is 105 cm³/mol. The monoisotopic (exact) mass is 374 g/mol. The smallest absolute Gasteiger partial charge is 0.309 e. The summed E-state index contributed by atoms with van der Waals surface area (Å²) in [5.41, 5.74) is 0.667. The van der Waals surface area contributed by atoms with E-state index in [1.807, 2.05) is 13.8 Å². The summed E-state index contributed by atoms with van der Waals surface area (Å²) in [5, 5.41) is 0. The van der Waals surface area contributed by atoms with Crippen LogP contribution in [0, 0.1) is 17.8 Å². The van der Waals surface area contributed by atoms with Crippen LogP contribution in [0.3, 0.4) is 0 Å². The number of carbonyl (C=O) groups is 2. The minimum atomic E-state index is -0.508. The molecule has 4 nitrogen and oxygen atoms in total. The van der Waals surface area contributed by atoms with Crippen molar-refractivity contribution in [3.8, 4) is 0 Å². The van der Waals surface area contributed by atoms with Gasteiger partial charge in [-0.1, -0.05) is 39.0 Å². The second-order valence-electron chi connectivity index (χ2n) is 8.58. The van der Waals surface area contributed by atoms with Gasteiger partial charge in [-0.3, -0.25) is 9.59 Å².